The molecule has 2 bridgehead atoms. The quantitative estimate of drug-likeness (QED) is 0.470. The van der Waals surface area contributed by atoms with Crippen LogP contribution in [-0.2, 0) is 4.79 Å². The lowest BCUT2D eigenvalue weighted by Gasteiger charge is -2.64. The van der Waals surface area contributed by atoms with Gasteiger partial charge in [0.05, 0.1) is 12.2 Å². The fourth-order valence-electron chi connectivity index (χ4n) is 7.07. The third-order valence-electron chi connectivity index (χ3n) is 9.53. The summed E-state index contributed by atoms with van der Waals surface area (Å²) in [5.41, 5.74) is 4.36. The first-order valence-corrected chi connectivity index (χ1v) is 14.2. The highest BCUT2D eigenvalue weighted by Gasteiger charge is 2.57. The molecule has 1 aliphatic heterocycles. The van der Waals surface area contributed by atoms with Crippen molar-refractivity contribution in [3.63, 3.8) is 0 Å². The largest absolute Gasteiger partial charge is 0.348 e. The summed E-state index contributed by atoms with van der Waals surface area (Å²) in [4.78, 5) is 40.8. The Labute approximate surface area is 222 Å². The molecular weight excluding hydrogens is 478 g/mol. The number of carbonyl (C=O) groups is 1. The normalized spacial score (nSPS) is 26.5. The number of imidazole rings is 1. The highest BCUT2D eigenvalue weighted by Crippen LogP contribution is 2.68. The second kappa shape index (κ2) is 8.93. The van der Waals surface area contributed by atoms with Crippen molar-refractivity contribution in [1.82, 2.24) is 29.3 Å². The van der Waals surface area contributed by atoms with Gasteiger partial charge in [-0.3, -0.25) is 14.3 Å². The minimum atomic E-state index is -0.103. The Hall–Kier alpha value is -3.20. The molecule has 9 nitrogen and oxygen atoms in total. The van der Waals surface area contributed by atoms with Crippen molar-refractivity contribution < 1.29 is 4.79 Å². The molecule has 1 amide bonds. The molecule has 0 unspecified atom stereocenters. The van der Waals surface area contributed by atoms with Gasteiger partial charge in [0.2, 0.25) is 11.9 Å². The molecule has 1 saturated heterocycles. The summed E-state index contributed by atoms with van der Waals surface area (Å²) in [7, 11) is 0. The van der Waals surface area contributed by atoms with Crippen LogP contribution >= 0.6 is 0 Å². The van der Waals surface area contributed by atoms with E-state index in [4.69, 9.17) is 0 Å². The Balaban J connectivity index is 1.07. The Morgan fingerprint density at radius 2 is 1.79 bits per heavy atom. The van der Waals surface area contributed by atoms with Gasteiger partial charge in [-0.2, -0.15) is 4.98 Å². The smallest absolute Gasteiger partial charge is 0.327 e. The monoisotopic (exact) mass is 515 g/mol. The molecule has 2 N–H and O–H groups in total. The Bertz CT molecular complexity index is 1400. The van der Waals surface area contributed by atoms with Crippen LogP contribution in [0.4, 0.5) is 5.95 Å². The summed E-state index contributed by atoms with van der Waals surface area (Å²) >= 11 is 0. The standard InChI is InChI=1S/C29H37N7O2/c1-18(31-27-30-17-24-26(33-27)36(23-7-8-23)28(38)32-24)21-3-5-22(6-4-21)25(16-29-13-20(14-29)15-29)35-11-9-34(10-12-35)19(2)37/h3-6,17-18,20,23,25H,7-16H2,1-2H3,(H,32,38)(H,30,31,33)/t18-,20?,25+,29?/m0/s1. The molecule has 8 rings (SSSR count). The van der Waals surface area contributed by atoms with E-state index in [0.29, 0.717) is 28.6 Å². The van der Waals surface area contributed by atoms with Crippen molar-refractivity contribution in [3.8, 4) is 0 Å². The second-order valence-electron chi connectivity index (χ2n) is 12.2. The number of aromatic nitrogens is 4. The molecular formula is C29H37N7O2. The van der Waals surface area contributed by atoms with Crippen molar-refractivity contribution >= 4 is 23.0 Å². The van der Waals surface area contributed by atoms with Crippen LogP contribution in [-0.4, -0.2) is 61.4 Å². The number of piperazine rings is 1. The number of aromatic amines is 1. The molecule has 0 spiro atoms. The fraction of sp³-hybridized carbons (Fsp3) is 0.586. The lowest BCUT2D eigenvalue weighted by molar-refractivity contribution is -0.136. The number of carbonyl (C=O) groups excluding carboxylic acids is 1. The number of anilines is 1. The fourth-order valence-corrected chi connectivity index (χ4v) is 7.07. The van der Waals surface area contributed by atoms with Crippen LogP contribution in [0.15, 0.2) is 35.3 Å². The minimum absolute atomic E-state index is 0.0247. The highest BCUT2D eigenvalue weighted by atomic mass is 16.2. The number of amides is 1. The van der Waals surface area contributed by atoms with E-state index >= 15 is 0 Å². The van der Waals surface area contributed by atoms with Gasteiger partial charge in [-0.1, -0.05) is 24.3 Å². The number of fused-ring (bicyclic) bond motifs is 1. The van der Waals surface area contributed by atoms with Gasteiger partial charge in [0.1, 0.15) is 5.52 Å². The topological polar surface area (TPSA) is 99.2 Å². The van der Waals surface area contributed by atoms with Gasteiger partial charge >= 0.3 is 5.69 Å². The van der Waals surface area contributed by atoms with Crippen LogP contribution in [0, 0.1) is 11.3 Å². The zero-order chi connectivity index (χ0) is 26.0. The zero-order valence-corrected chi connectivity index (χ0v) is 22.3. The Morgan fingerprint density at radius 3 is 2.39 bits per heavy atom. The maximum atomic E-state index is 12.3. The van der Waals surface area contributed by atoms with Crippen LogP contribution in [0.5, 0.6) is 0 Å². The van der Waals surface area contributed by atoms with Crippen molar-refractivity contribution in [3.05, 3.63) is 52.1 Å². The summed E-state index contributed by atoms with van der Waals surface area (Å²) in [6.07, 6.45) is 9.17. The first-order chi connectivity index (χ1) is 18.4. The van der Waals surface area contributed by atoms with Crippen LogP contribution < -0.4 is 11.0 Å². The maximum Gasteiger partial charge on any atom is 0.327 e. The second-order valence-corrected chi connectivity index (χ2v) is 12.2. The van der Waals surface area contributed by atoms with Crippen LogP contribution in [0.3, 0.4) is 0 Å². The molecule has 9 heteroatoms. The van der Waals surface area contributed by atoms with Crippen molar-refractivity contribution in [2.24, 2.45) is 11.3 Å². The highest BCUT2D eigenvalue weighted by molar-refractivity contribution is 5.73. The predicted molar refractivity (Wildman–Crippen MR) is 146 cm³/mol. The van der Waals surface area contributed by atoms with Gasteiger partial charge in [-0.25, -0.2) is 9.78 Å². The molecule has 38 heavy (non-hydrogen) atoms. The first kappa shape index (κ1) is 23.9. The third-order valence-corrected chi connectivity index (χ3v) is 9.53. The van der Waals surface area contributed by atoms with E-state index in [1.54, 1.807) is 17.7 Å². The van der Waals surface area contributed by atoms with E-state index in [9.17, 15) is 9.59 Å². The summed E-state index contributed by atoms with van der Waals surface area (Å²) in [5, 5.41) is 3.44. The average molecular weight is 516 g/mol. The SMILES string of the molecule is CC(=O)N1CCN([C@H](CC23CC(C2)C3)c2ccc([C@H](C)Nc3ncc4[nH]c(=O)n(C5CC5)c4n3)cc2)CC1. The van der Waals surface area contributed by atoms with Crippen LogP contribution in [0.1, 0.15) is 81.6 Å². The van der Waals surface area contributed by atoms with Crippen LogP contribution in [0.2, 0.25) is 0 Å². The molecule has 1 aromatic carbocycles. The van der Waals surface area contributed by atoms with Gasteiger partial charge in [0, 0.05) is 45.2 Å². The number of benzene rings is 1. The first-order valence-electron chi connectivity index (χ1n) is 14.2. The van der Waals surface area contributed by atoms with Gasteiger partial charge in [0.25, 0.3) is 0 Å². The number of nitrogens with one attached hydrogen (secondary N) is 2. The Morgan fingerprint density at radius 1 is 1.11 bits per heavy atom. The molecule has 4 aliphatic carbocycles. The summed E-state index contributed by atoms with van der Waals surface area (Å²) in [5.74, 6) is 1.69. The zero-order valence-electron chi connectivity index (χ0n) is 22.3. The number of nitrogens with zero attached hydrogens (tertiary/aromatic N) is 5. The molecule has 3 heterocycles. The molecule has 4 saturated carbocycles. The van der Waals surface area contributed by atoms with E-state index in [1.165, 1.54) is 36.8 Å². The van der Waals surface area contributed by atoms with E-state index in [0.717, 1.165) is 44.9 Å². The van der Waals surface area contributed by atoms with Gasteiger partial charge in [-0.15, -0.1) is 0 Å². The van der Waals surface area contributed by atoms with Crippen molar-refractivity contribution in [1.29, 1.82) is 0 Å². The van der Waals surface area contributed by atoms with Gasteiger partial charge in [0.15, 0.2) is 5.65 Å². The van der Waals surface area contributed by atoms with E-state index in [-0.39, 0.29) is 23.7 Å². The molecule has 200 valence electrons. The molecule has 5 fully saturated rings. The van der Waals surface area contributed by atoms with Crippen LogP contribution in [0.25, 0.3) is 11.2 Å². The Kier molecular flexibility index (Phi) is 5.61. The van der Waals surface area contributed by atoms with Gasteiger partial charge < -0.3 is 15.2 Å². The predicted octanol–water partition coefficient (Wildman–Crippen LogP) is 4.02. The molecule has 2 atom stereocenters. The van der Waals surface area contributed by atoms with Gasteiger partial charge in [-0.05, 0) is 67.9 Å². The number of hydrogen-bond acceptors (Lipinski definition) is 6. The van der Waals surface area contributed by atoms with E-state index in [1.807, 2.05) is 4.90 Å². The maximum absolute atomic E-state index is 12.3. The number of rotatable bonds is 8. The summed E-state index contributed by atoms with van der Waals surface area (Å²) < 4.78 is 1.77. The third kappa shape index (κ3) is 4.21. The van der Waals surface area contributed by atoms with E-state index < -0.39 is 0 Å². The van der Waals surface area contributed by atoms with Crippen molar-refractivity contribution in [2.75, 3.05) is 31.5 Å². The lowest BCUT2D eigenvalue weighted by atomic mass is 9.42. The minimum Gasteiger partial charge on any atom is -0.348 e. The van der Waals surface area contributed by atoms with E-state index in [2.05, 4.69) is 56.4 Å². The number of H-pyrrole nitrogens is 1. The van der Waals surface area contributed by atoms with Crippen molar-refractivity contribution in [2.45, 2.75) is 70.5 Å². The molecule has 2 aromatic heterocycles. The lowest BCUT2D eigenvalue weighted by Crippen LogP contribution is -2.55. The average Bonchev–Trinajstić information content (AvgIpc) is 3.64. The molecule has 5 aliphatic rings. The summed E-state index contributed by atoms with van der Waals surface area (Å²) in [6.45, 7) is 7.31. The molecule has 3 aromatic rings. The molecule has 0 radical (unpaired) electrons. The summed E-state index contributed by atoms with van der Waals surface area (Å²) in [6, 6.07) is 9.72. The number of hydrogen-bond donors (Lipinski definition) is 2.